The van der Waals surface area contributed by atoms with E-state index in [9.17, 15) is 9.59 Å². The van der Waals surface area contributed by atoms with Gasteiger partial charge in [-0.2, -0.15) is 0 Å². The molecule has 0 aromatic heterocycles. The van der Waals surface area contributed by atoms with Gasteiger partial charge in [0.25, 0.3) is 5.91 Å². The third-order valence-corrected chi connectivity index (χ3v) is 6.46. The molecule has 0 radical (unpaired) electrons. The molecule has 0 saturated carbocycles. The normalized spacial score (nSPS) is 26.0. The van der Waals surface area contributed by atoms with Crippen LogP contribution in [0.4, 0.5) is 0 Å². The minimum absolute atomic E-state index is 0.0844. The second-order valence-electron chi connectivity index (χ2n) is 8.88. The topological polar surface area (TPSA) is 53.1 Å². The minimum atomic E-state index is -0.0961. The summed E-state index contributed by atoms with van der Waals surface area (Å²) in [6.07, 6.45) is 1.65. The van der Waals surface area contributed by atoms with E-state index in [1.165, 1.54) is 0 Å². The molecule has 3 fully saturated rings. The van der Waals surface area contributed by atoms with Gasteiger partial charge < -0.3 is 14.5 Å². The second-order valence-corrected chi connectivity index (χ2v) is 8.88. The molecule has 0 aliphatic carbocycles. The van der Waals surface area contributed by atoms with Gasteiger partial charge in [0.05, 0.1) is 0 Å². The first-order chi connectivity index (χ1) is 13.5. The van der Waals surface area contributed by atoms with Crippen LogP contribution in [0.15, 0.2) is 30.3 Å². The van der Waals surface area contributed by atoms with E-state index < -0.39 is 0 Å². The van der Waals surface area contributed by atoms with E-state index in [1.54, 1.807) is 0 Å². The van der Waals surface area contributed by atoms with Crippen LogP contribution in [0.5, 0.6) is 0 Å². The third-order valence-electron chi connectivity index (χ3n) is 6.46. The van der Waals surface area contributed by atoms with Crippen LogP contribution >= 0.6 is 0 Å². The van der Waals surface area contributed by atoms with Crippen molar-refractivity contribution in [2.45, 2.75) is 38.3 Å². The molecule has 3 aliphatic heterocycles. The van der Waals surface area contributed by atoms with Gasteiger partial charge in [-0.05, 0) is 38.8 Å². The number of amides is 2. The van der Waals surface area contributed by atoms with Crippen molar-refractivity contribution in [3.05, 3.63) is 35.9 Å². The van der Waals surface area contributed by atoms with Crippen molar-refractivity contribution in [2.75, 3.05) is 45.9 Å². The first-order valence-corrected chi connectivity index (χ1v) is 10.4. The molecule has 0 bridgehead atoms. The summed E-state index contributed by atoms with van der Waals surface area (Å²) >= 11 is 0. The Balaban J connectivity index is 1.47. The van der Waals surface area contributed by atoms with Crippen molar-refractivity contribution in [2.24, 2.45) is 5.92 Å². The molecular weight excluding hydrogens is 354 g/mol. The number of piperazine rings is 2. The molecule has 152 valence electrons. The average molecular weight is 386 g/mol. The Bertz CT molecular complexity index is 715. The Kier molecular flexibility index (Phi) is 5.43. The van der Waals surface area contributed by atoms with Crippen LogP contribution in [0.3, 0.4) is 0 Å². The van der Waals surface area contributed by atoms with Crippen LogP contribution < -0.4 is 0 Å². The van der Waals surface area contributed by atoms with E-state index in [0.29, 0.717) is 32.8 Å². The lowest BCUT2D eigenvalue weighted by molar-refractivity contribution is -0.145. The highest BCUT2D eigenvalue weighted by atomic mass is 16.5. The van der Waals surface area contributed by atoms with Crippen molar-refractivity contribution in [1.82, 2.24) is 14.7 Å². The van der Waals surface area contributed by atoms with Crippen LogP contribution in [-0.2, 0) is 9.53 Å². The van der Waals surface area contributed by atoms with Gasteiger partial charge in [0.15, 0.2) is 0 Å². The lowest BCUT2D eigenvalue weighted by atomic mass is 9.91. The first-order valence-electron chi connectivity index (χ1n) is 10.4. The number of nitrogens with zero attached hydrogens (tertiary/aromatic N) is 3. The number of rotatable bonds is 2. The van der Waals surface area contributed by atoms with Crippen LogP contribution in [0.2, 0.25) is 0 Å². The molecule has 1 aromatic rings. The molecule has 2 amide bonds. The Hall–Kier alpha value is -1.92. The van der Waals surface area contributed by atoms with Gasteiger partial charge in [0.2, 0.25) is 5.91 Å². The summed E-state index contributed by atoms with van der Waals surface area (Å²) in [6, 6.07) is 9.69. The van der Waals surface area contributed by atoms with Crippen molar-refractivity contribution in [3.8, 4) is 0 Å². The van der Waals surface area contributed by atoms with Gasteiger partial charge in [-0.15, -0.1) is 0 Å². The number of hydrogen-bond donors (Lipinski definition) is 0. The van der Waals surface area contributed by atoms with Crippen molar-refractivity contribution in [3.63, 3.8) is 0 Å². The molecule has 4 rings (SSSR count). The van der Waals surface area contributed by atoms with Gasteiger partial charge in [-0.25, -0.2) is 0 Å². The molecule has 1 unspecified atom stereocenters. The number of benzene rings is 1. The Labute approximate surface area is 167 Å². The lowest BCUT2D eigenvalue weighted by Gasteiger charge is -2.55. The molecule has 1 aromatic carbocycles. The number of fused-ring (bicyclic) bond motifs is 1. The second kappa shape index (κ2) is 7.84. The van der Waals surface area contributed by atoms with Crippen molar-refractivity contribution < 1.29 is 14.3 Å². The maximum absolute atomic E-state index is 13.0. The summed E-state index contributed by atoms with van der Waals surface area (Å²) in [5, 5.41) is 0. The Morgan fingerprint density at radius 2 is 1.68 bits per heavy atom. The maximum atomic E-state index is 13.0. The number of carbonyl (C=O) groups excluding carboxylic acids is 2. The molecule has 28 heavy (non-hydrogen) atoms. The maximum Gasteiger partial charge on any atom is 0.253 e. The van der Waals surface area contributed by atoms with Crippen LogP contribution in [0.1, 0.15) is 37.0 Å². The molecule has 6 heteroatoms. The third kappa shape index (κ3) is 3.80. The SMILES string of the molecule is CC1(C)CN(C(=O)c2ccccc2)CC2CN(C(=O)C3CCOCC3)CCN21. The smallest absolute Gasteiger partial charge is 0.253 e. The molecule has 3 aliphatic rings. The van der Waals surface area contributed by atoms with Crippen LogP contribution in [0.25, 0.3) is 0 Å². The quantitative estimate of drug-likeness (QED) is 0.780. The zero-order valence-corrected chi connectivity index (χ0v) is 17.0. The molecule has 3 saturated heterocycles. The number of ether oxygens (including phenoxy) is 1. The predicted molar refractivity (Wildman–Crippen MR) is 107 cm³/mol. The summed E-state index contributed by atoms with van der Waals surface area (Å²) in [5.41, 5.74) is 0.638. The molecule has 0 spiro atoms. The fourth-order valence-electron chi connectivity index (χ4n) is 5.01. The van der Waals surface area contributed by atoms with E-state index in [2.05, 4.69) is 18.7 Å². The standard InChI is InChI=1S/C22H31N3O3/c1-22(2)16-24(21(27)17-6-4-3-5-7-17)15-19-14-23(10-11-25(19)22)20(26)18-8-12-28-13-9-18/h3-7,18-19H,8-16H2,1-2H3. The summed E-state index contributed by atoms with van der Waals surface area (Å²) in [6.45, 7) is 9.54. The monoisotopic (exact) mass is 385 g/mol. The van der Waals surface area contributed by atoms with Gasteiger partial charge in [0, 0.05) is 69.0 Å². The fraction of sp³-hybridized carbons (Fsp3) is 0.636. The number of hydrogen-bond acceptors (Lipinski definition) is 4. The fourth-order valence-corrected chi connectivity index (χ4v) is 5.01. The highest BCUT2D eigenvalue weighted by Crippen LogP contribution is 2.30. The summed E-state index contributed by atoms with van der Waals surface area (Å²) in [5.74, 6) is 0.451. The average Bonchev–Trinajstić information content (AvgIpc) is 2.73. The Morgan fingerprint density at radius 3 is 2.39 bits per heavy atom. The molecule has 3 heterocycles. The molecule has 6 nitrogen and oxygen atoms in total. The van der Waals surface area contributed by atoms with E-state index >= 15 is 0 Å². The molecule has 0 N–H and O–H groups in total. The van der Waals surface area contributed by atoms with E-state index in [-0.39, 0.29) is 29.3 Å². The van der Waals surface area contributed by atoms with E-state index in [4.69, 9.17) is 4.74 Å². The van der Waals surface area contributed by atoms with Gasteiger partial charge in [-0.3, -0.25) is 14.5 Å². The minimum Gasteiger partial charge on any atom is -0.381 e. The highest BCUT2D eigenvalue weighted by Gasteiger charge is 2.45. The first kappa shape index (κ1) is 19.4. The highest BCUT2D eigenvalue weighted by molar-refractivity contribution is 5.94. The van der Waals surface area contributed by atoms with Gasteiger partial charge >= 0.3 is 0 Å². The lowest BCUT2D eigenvalue weighted by Crippen LogP contribution is -2.71. The van der Waals surface area contributed by atoms with E-state index in [1.807, 2.05) is 40.1 Å². The van der Waals surface area contributed by atoms with Gasteiger partial charge in [0.1, 0.15) is 0 Å². The Morgan fingerprint density at radius 1 is 1.00 bits per heavy atom. The zero-order chi connectivity index (χ0) is 19.7. The molecule has 1 atom stereocenters. The van der Waals surface area contributed by atoms with Crippen molar-refractivity contribution >= 4 is 11.8 Å². The summed E-state index contributed by atoms with van der Waals surface area (Å²) < 4.78 is 5.41. The van der Waals surface area contributed by atoms with Gasteiger partial charge in [-0.1, -0.05) is 18.2 Å². The predicted octanol–water partition coefficient (Wildman–Crippen LogP) is 1.86. The summed E-state index contributed by atoms with van der Waals surface area (Å²) in [7, 11) is 0. The van der Waals surface area contributed by atoms with Crippen molar-refractivity contribution in [1.29, 1.82) is 0 Å². The summed E-state index contributed by atoms with van der Waals surface area (Å²) in [4.78, 5) is 32.5. The molecular formula is C22H31N3O3. The zero-order valence-electron chi connectivity index (χ0n) is 17.0. The van der Waals surface area contributed by atoms with E-state index in [0.717, 1.165) is 31.5 Å². The van der Waals surface area contributed by atoms with Crippen LogP contribution in [0, 0.1) is 5.92 Å². The largest absolute Gasteiger partial charge is 0.381 e. The van der Waals surface area contributed by atoms with Crippen LogP contribution in [-0.4, -0.2) is 84.0 Å². The number of carbonyl (C=O) groups is 2.